The molecule has 1 aromatic rings. The Morgan fingerprint density at radius 1 is 1.32 bits per heavy atom. The second-order valence-electron chi connectivity index (χ2n) is 5.34. The van der Waals surface area contributed by atoms with Crippen LogP contribution >= 0.6 is 0 Å². The molecule has 0 saturated heterocycles. The maximum Gasteiger partial charge on any atom is 0.190 e. The smallest absolute Gasteiger partial charge is 0.190 e. The first-order valence-electron chi connectivity index (χ1n) is 6.96. The quantitative estimate of drug-likeness (QED) is 0.823. The maximum absolute atomic E-state index is 13.8. The van der Waals surface area contributed by atoms with Gasteiger partial charge in [-0.15, -0.1) is 0 Å². The molecular weight excluding hydrogens is 248 g/mol. The third-order valence-corrected chi connectivity index (χ3v) is 3.55. The van der Waals surface area contributed by atoms with Crippen LogP contribution in [-0.4, -0.2) is 12.6 Å². The molecule has 19 heavy (non-hydrogen) atoms. The normalized spacial score (nSPS) is 16.4. The van der Waals surface area contributed by atoms with Crippen molar-refractivity contribution in [2.75, 3.05) is 6.61 Å². The molecule has 2 rings (SSSR count). The van der Waals surface area contributed by atoms with E-state index >= 15 is 0 Å². The standard InChI is InChI=1S/C15H21F2NO/c1-2-12(18)7-11-8-13(16)15(14(17)9-11)19-6-5-10-3-4-10/h8-10,12H,2-7,18H2,1H3. The highest BCUT2D eigenvalue weighted by molar-refractivity contribution is 5.31. The van der Waals surface area contributed by atoms with Crippen molar-refractivity contribution < 1.29 is 13.5 Å². The average molecular weight is 269 g/mol. The summed E-state index contributed by atoms with van der Waals surface area (Å²) in [6, 6.07) is 2.58. The van der Waals surface area contributed by atoms with Gasteiger partial charge in [0.2, 0.25) is 0 Å². The number of halogens is 2. The molecule has 2 nitrogen and oxygen atoms in total. The molecule has 0 amide bonds. The summed E-state index contributed by atoms with van der Waals surface area (Å²) in [6.45, 7) is 2.33. The predicted molar refractivity (Wildman–Crippen MR) is 71.2 cm³/mol. The molecule has 0 spiro atoms. The van der Waals surface area contributed by atoms with Gasteiger partial charge in [0, 0.05) is 6.04 Å². The fourth-order valence-electron chi connectivity index (χ4n) is 2.05. The zero-order valence-electron chi connectivity index (χ0n) is 11.3. The van der Waals surface area contributed by atoms with Crippen LogP contribution in [0.25, 0.3) is 0 Å². The third-order valence-electron chi connectivity index (χ3n) is 3.55. The van der Waals surface area contributed by atoms with E-state index in [1.165, 1.54) is 25.0 Å². The SMILES string of the molecule is CCC(N)Cc1cc(F)c(OCCC2CC2)c(F)c1. The van der Waals surface area contributed by atoms with Crippen molar-refractivity contribution in [1.29, 1.82) is 0 Å². The summed E-state index contributed by atoms with van der Waals surface area (Å²) in [7, 11) is 0. The van der Waals surface area contributed by atoms with Gasteiger partial charge in [-0.05, 0) is 42.9 Å². The third kappa shape index (κ3) is 4.16. The Morgan fingerprint density at radius 3 is 2.47 bits per heavy atom. The van der Waals surface area contributed by atoms with Crippen LogP contribution in [0, 0.1) is 17.6 Å². The van der Waals surface area contributed by atoms with Gasteiger partial charge in [-0.3, -0.25) is 0 Å². The number of rotatable bonds is 7. The van der Waals surface area contributed by atoms with E-state index in [1.807, 2.05) is 6.92 Å². The summed E-state index contributed by atoms with van der Waals surface area (Å²) in [6.07, 6.45) is 4.56. The zero-order chi connectivity index (χ0) is 13.8. The van der Waals surface area contributed by atoms with Crippen molar-refractivity contribution in [3.8, 4) is 5.75 Å². The van der Waals surface area contributed by atoms with Crippen molar-refractivity contribution in [1.82, 2.24) is 0 Å². The Balaban J connectivity index is 1.98. The van der Waals surface area contributed by atoms with Crippen LogP contribution in [0.5, 0.6) is 5.75 Å². The molecule has 0 radical (unpaired) electrons. The minimum atomic E-state index is -0.630. The van der Waals surface area contributed by atoms with E-state index in [0.29, 0.717) is 24.5 Å². The van der Waals surface area contributed by atoms with E-state index in [9.17, 15) is 8.78 Å². The first-order chi connectivity index (χ1) is 9.10. The monoisotopic (exact) mass is 269 g/mol. The number of hydrogen-bond acceptors (Lipinski definition) is 2. The molecule has 106 valence electrons. The number of benzene rings is 1. The van der Waals surface area contributed by atoms with E-state index < -0.39 is 11.6 Å². The fourth-order valence-corrected chi connectivity index (χ4v) is 2.05. The van der Waals surface area contributed by atoms with E-state index in [2.05, 4.69) is 0 Å². The molecule has 1 aromatic carbocycles. The van der Waals surface area contributed by atoms with Crippen molar-refractivity contribution in [2.24, 2.45) is 11.7 Å². The summed E-state index contributed by atoms with van der Waals surface area (Å²) in [5.41, 5.74) is 6.37. The van der Waals surface area contributed by atoms with Crippen LogP contribution in [0.4, 0.5) is 8.78 Å². The number of nitrogens with two attached hydrogens (primary N) is 1. The van der Waals surface area contributed by atoms with E-state index in [-0.39, 0.29) is 11.8 Å². The topological polar surface area (TPSA) is 35.2 Å². The van der Waals surface area contributed by atoms with Gasteiger partial charge in [0.05, 0.1) is 6.61 Å². The average Bonchev–Trinajstić information content (AvgIpc) is 3.16. The van der Waals surface area contributed by atoms with Crippen LogP contribution in [0.2, 0.25) is 0 Å². The molecule has 0 aliphatic heterocycles. The number of hydrogen-bond donors (Lipinski definition) is 1. The molecule has 1 aliphatic rings. The lowest BCUT2D eigenvalue weighted by Crippen LogP contribution is -2.21. The molecule has 0 heterocycles. The molecule has 4 heteroatoms. The van der Waals surface area contributed by atoms with Gasteiger partial charge in [-0.2, -0.15) is 0 Å². The highest BCUT2D eigenvalue weighted by atomic mass is 19.1. The maximum atomic E-state index is 13.8. The van der Waals surface area contributed by atoms with Crippen LogP contribution in [-0.2, 0) is 6.42 Å². The first-order valence-corrected chi connectivity index (χ1v) is 6.96. The van der Waals surface area contributed by atoms with Crippen molar-refractivity contribution in [2.45, 2.75) is 45.1 Å². The molecule has 1 saturated carbocycles. The van der Waals surface area contributed by atoms with Gasteiger partial charge in [-0.1, -0.05) is 19.8 Å². The van der Waals surface area contributed by atoms with E-state index in [0.717, 1.165) is 12.8 Å². The summed E-state index contributed by atoms with van der Waals surface area (Å²) in [4.78, 5) is 0. The largest absolute Gasteiger partial charge is 0.488 e. The Hall–Kier alpha value is -1.16. The molecule has 0 aromatic heterocycles. The minimum Gasteiger partial charge on any atom is -0.488 e. The lowest BCUT2D eigenvalue weighted by Gasteiger charge is -2.12. The Kier molecular flexibility index (Phi) is 4.75. The van der Waals surface area contributed by atoms with Gasteiger partial charge >= 0.3 is 0 Å². The Morgan fingerprint density at radius 2 is 1.95 bits per heavy atom. The molecular formula is C15H21F2NO. The molecule has 1 unspecified atom stereocenters. The van der Waals surface area contributed by atoms with Crippen LogP contribution in [0.3, 0.4) is 0 Å². The summed E-state index contributed by atoms with van der Waals surface area (Å²) in [5.74, 6) is -0.828. The van der Waals surface area contributed by atoms with E-state index in [4.69, 9.17) is 10.5 Å². The van der Waals surface area contributed by atoms with Gasteiger partial charge in [0.25, 0.3) is 0 Å². The first kappa shape index (κ1) is 14.3. The second kappa shape index (κ2) is 6.33. The Bertz CT molecular complexity index is 409. The summed E-state index contributed by atoms with van der Waals surface area (Å²) >= 11 is 0. The van der Waals surface area contributed by atoms with Gasteiger partial charge < -0.3 is 10.5 Å². The number of ether oxygens (including phenoxy) is 1. The lowest BCUT2D eigenvalue weighted by molar-refractivity contribution is 0.273. The van der Waals surface area contributed by atoms with Crippen molar-refractivity contribution in [3.05, 3.63) is 29.3 Å². The van der Waals surface area contributed by atoms with Crippen molar-refractivity contribution in [3.63, 3.8) is 0 Å². The molecule has 1 aliphatic carbocycles. The Labute approximate surface area is 112 Å². The van der Waals surface area contributed by atoms with E-state index in [1.54, 1.807) is 0 Å². The predicted octanol–water partition coefficient (Wildman–Crippen LogP) is 3.42. The van der Waals surface area contributed by atoms with Crippen LogP contribution < -0.4 is 10.5 Å². The molecule has 2 N–H and O–H groups in total. The summed E-state index contributed by atoms with van der Waals surface area (Å²) < 4.78 is 32.8. The van der Waals surface area contributed by atoms with Gasteiger partial charge in [0.1, 0.15) is 0 Å². The fraction of sp³-hybridized carbons (Fsp3) is 0.600. The molecule has 1 fully saturated rings. The summed E-state index contributed by atoms with van der Waals surface area (Å²) in [5, 5.41) is 0. The zero-order valence-corrected chi connectivity index (χ0v) is 11.3. The van der Waals surface area contributed by atoms with Gasteiger partial charge in [-0.25, -0.2) is 8.78 Å². The second-order valence-corrected chi connectivity index (χ2v) is 5.34. The lowest BCUT2D eigenvalue weighted by atomic mass is 10.0. The molecule has 1 atom stereocenters. The highest BCUT2D eigenvalue weighted by Gasteiger charge is 2.21. The van der Waals surface area contributed by atoms with Crippen LogP contribution in [0.1, 0.15) is 38.2 Å². The molecule has 0 bridgehead atoms. The van der Waals surface area contributed by atoms with Crippen LogP contribution in [0.15, 0.2) is 12.1 Å². The van der Waals surface area contributed by atoms with Crippen molar-refractivity contribution >= 4 is 0 Å². The van der Waals surface area contributed by atoms with Gasteiger partial charge in [0.15, 0.2) is 17.4 Å². The highest BCUT2D eigenvalue weighted by Crippen LogP contribution is 2.33. The minimum absolute atomic E-state index is 0.0690.